The van der Waals surface area contributed by atoms with Gasteiger partial charge in [-0.25, -0.2) is 14.8 Å². The number of hydrogen-bond acceptors (Lipinski definition) is 4. The van der Waals surface area contributed by atoms with Crippen molar-refractivity contribution in [3.63, 3.8) is 0 Å². The van der Waals surface area contributed by atoms with Crippen molar-refractivity contribution in [1.82, 2.24) is 19.9 Å². The number of hydrogen-bond donors (Lipinski definition) is 2. The lowest BCUT2D eigenvalue weighted by molar-refractivity contribution is 0.252. The topological polar surface area (TPSA) is 81.1 Å². The lowest BCUT2D eigenvalue weighted by Crippen LogP contribution is -2.31. The number of nitrogens with zero attached hydrogens (tertiary/aromatic N) is 3. The fourth-order valence-corrected chi connectivity index (χ4v) is 3.38. The van der Waals surface area contributed by atoms with Gasteiger partial charge in [0.2, 0.25) is 0 Å². The SMILES string of the molecule is COc1ccc(NC(=O)NCCc2nc3cccnc3n2Cc2ccc(C)cc2)cc1. The molecule has 0 unspecified atom stereocenters. The monoisotopic (exact) mass is 415 g/mol. The van der Waals surface area contributed by atoms with Gasteiger partial charge in [-0.3, -0.25) is 0 Å². The van der Waals surface area contributed by atoms with Crippen LogP contribution in [0.25, 0.3) is 11.2 Å². The van der Waals surface area contributed by atoms with Crippen LogP contribution >= 0.6 is 0 Å². The number of carbonyl (C=O) groups is 1. The number of aryl methyl sites for hydroxylation is 1. The minimum absolute atomic E-state index is 0.260. The average Bonchev–Trinajstić information content (AvgIpc) is 3.13. The molecule has 0 saturated heterocycles. The molecule has 7 heteroatoms. The molecule has 4 aromatic rings. The van der Waals surface area contributed by atoms with Gasteiger partial charge in [-0.1, -0.05) is 29.8 Å². The zero-order chi connectivity index (χ0) is 21.6. The summed E-state index contributed by atoms with van der Waals surface area (Å²) in [4.78, 5) is 21.5. The third-order valence-corrected chi connectivity index (χ3v) is 5.03. The molecule has 0 spiro atoms. The average molecular weight is 415 g/mol. The van der Waals surface area contributed by atoms with Crippen molar-refractivity contribution >= 4 is 22.9 Å². The zero-order valence-electron chi connectivity index (χ0n) is 17.6. The molecule has 0 aliphatic carbocycles. The largest absolute Gasteiger partial charge is 0.497 e. The van der Waals surface area contributed by atoms with Crippen LogP contribution in [0.2, 0.25) is 0 Å². The highest BCUT2D eigenvalue weighted by Crippen LogP contribution is 2.17. The Hall–Kier alpha value is -3.87. The maximum Gasteiger partial charge on any atom is 0.319 e. The van der Waals surface area contributed by atoms with E-state index in [2.05, 4.69) is 51.4 Å². The molecule has 158 valence electrons. The molecule has 2 N–H and O–H groups in total. The van der Waals surface area contributed by atoms with Crippen molar-refractivity contribution in [2.45, 2.75) is 19.9 Å². The first-order valence-electron chi connectivity index (χ1n) is 10.2. The summed E-state index contributed by atoms with van der Waals surface area (Å²) in [5.41, 5.74) is 4.81. The van der Waals surface area contributed by atoms with Crippen molar-refractivity contribution < 1.29 is 9.53 Å². The molecule has 0 bridgehead atoms. The third-order valence-electron chi connectivity index (χ3n) is 5.03. The quantitative estimate of drug-likeness (QED) is 0.475. The summed E-state index contributed by atoms with van der Waals surface area (Å²) in [7, 11) is 1.61. The number of nitrogens with one attached hydrogen (secondary N) is 2. The lowest BCUT2D eigenvalue weighted by Gasteiger charge is -2.11. The Balaban J connectivity index is 1.42. The highest BCUT2D eigenvalue weighted by Gasteiger charge is 2.12. The van der Waals surface area contributed by atoms with Gasteiger partial charge in [0, 0.05) is 24.8 Å². The van der Waals surface area contributed by atoms with E-state index in [9.17, 15) is 4.79 Å². The first kappa shape index (κ1) is 20.4. The number of carbonyl (C=O) groups excluding carboxylic acids is 1. The normalized spacial score (nSPS) is 10.8. The summed E-state index contributed by atoms with van der Waals surface area (Å²) in [6, 6.07) is 19.2. The number of urea groups is 1. The van der Waals surface area contributed by atoms with Crippen molar-refractivity contribution in [3.05, 3.63) is 83.8 Å². The first-order valence-corrected chi connectivity index (χ1v) is 10.2. The highest BCUT2D eigenvalue weighted by atomic mass is 16.5. The zero-order valence-corrected chi connectivity index (χ0v) is 17.6. The smallest absolute Gasteiger partial charge is 0.319 e. The van der Waals surface area contributed by atoms with E-state index < -0.39 is 0 Å². The van der Waals surface area contributed by atoms with Gasteiger partial charge < -0.3 is 19.9 Å². The molecule has 31 heavy (non-hydrogen) atoms. The van der Waals surface area contributed by atoms with Gasteiger partial charge >= 0.3 is 6.03 Å². The van der Waals surface area contributed by atoms with Gasteiger partial charge in [0.15, 0.2) is 5.65 Å². The number of benzene rings is 2. The first-order chi connectivity index (χ1) is 15.1. The molecular weight excluding hydrogens is 390 g/mol. The minimum Gasteiger partial charge on any atom is -0.497 e. The van der Waals surface area contributed by atoms with E-state index in [1.165, 1.54) is 11.1 Å². The van der Waals surface area contributed by atoms with E-state index in [1.807, 2.05) is 12.1 Å². The van der Waals surface area contributed by atoms with Crippen LogP contribution in [-0.4, -0.2) is 34.2 Å². The van der Waals surface area contributed by atoms with Gasteiger partial charge in [-0.05, 0) is 48.9 Å². The van der Waals surface area contributed by atoms with Crippen LogP contribution in [0.1, 0.15) is 17.0 Å². The van der Waals surface area contributed by atoms with E-state index in [4.69, 9.17) is 9.72 Å². The number of ether oxygens (including phenoxy) is 1. The number of fused-ring (bicyclic) bond motifs is 1. The molecule has 0 radical (unpaired) electrons. The minimum atomic E-state index is -0.260. The highest BCUT2D eigenvalue weighted by molar-refractivity contribution is 5.89. The predicted molar refractivity (Wildman–Crippen MR) is 122 cm³/mol. The van der Waals surface area contributed by atoms with Gasteiger partial charge in [-0.2, -0.15) is 0 Å². The number of anilines is 1. The van der Waals surface area contributed by atoms with Gasteiger partial charge in [-0.15, -0.1) is 0 Å². The molecule has 0 atom stereocenters. The fourth-order valence-electron chi connectivity index (χ4n) is 3.38. The molecular formula is C24H25N5O2. The van der Waals surface area contributed by atoms with Crippen LogP contribution in [0.5, 0.6) is 5.75 Å². The van der Waals surface area contributed by atoms with E-state index >= 15 is 0 Å². The Morgan fingerprint density at radius 2 is 1.84 bits per heavy atom. The molecule has 2 aromatic carbocycles. The molecule has 7 nitrogen and oxygen atoms in total. The maximum absolute atomic E-state index is 12.2. The number of pyridine rings is 1. The summed E-state index contributed by atoms with van der Waals surface area (Å²) in [6.07, 6.45) is 2.37. The Labute approximate surface area is 181 Å². The number of aromatic nitrogens is 3. The Bertz CT molecular complexity index is 1170. The molecule has 2 heterocycles. The summed E-state index contributed by atoms with van der Waals surface area (Å²) < 4.78 is 7.24. The number of imidazole rings is 1. The molecule has 4 rings (SSSR count). The summed E-state index contributed by atoms with van der Waals surface area (Å²) >= 11 is 0. The van der Waals surface area contributed by atoms with E-state index in [0.29, 0.717) is 25.2 Å². The number of methoxy groups -OCH3 is 1. The van der Waals surface area contributed by atoms with Crippen molar-refractivity contribution in [3.8, 4) is 5.75 Å². The summed E-state index contributed by atoms with van der Waals surface area (Å²) in [6.45, 7) is 3.21. The van der Waals surface area contributed by atoms with Crippen LogP contribution in [0.15, 0.2) is 66.9 Å². The van der Waals surface area contributed by atoms with Crippen molar-refractivity contribution in [2.75, 3.05) is 19.0 Å². The second-order valence-corrected chi connectivity index (χ2v) is 7.31. The standard InChI is InChI=1S/C24H25N5O2/c1-17-5-7-18(8-6-17)16-29-22(28-21-4-3-14-25-23(21)29)13-15-26-24(30)27-19-9-11-20(31-2)12-10-19/h3-12,14H,13,15-16H2,1-2H3,(H2,26,27,30). The second-order valence-electron chi connectivity index (χ2n) is 7.31. The molecule has 0 aliphatic rings. The van der Waals surface area contributed by atoms with Crippen molar-refractivity contribution in [2.24, 2.45) is 0 Å². The van der Waals surface area contributed by atoms with Gasteiger partial charge in [0.05, 0.1) is 13.7 Å². The number of rotatable bonds is 7. The Kier molecular flexibility index (Phi) is 6.12. The molecule has 0 aliphatic heterocycles. The van der Waals surface area contributed by atoms with Crippen LogP contribution in [0.3, 0.4) is 0 Å². The fraction of sp³-hybridized carbons (Fsp3) is 0.208. The second kappa shape index (κ2) is 9.30. The molecule has 2 aromatic heterocycles. The third kappa shape index (κ3) is 5.01. The van der Waals surface area contributed by atoms with E-state index in [0.717, 1.165) is 22.7 Å². The Morgan fingerprint density at radius 3 is 2.58 bits per heavy atom. The Morgan fingerprint density at radius 1 is 1.06 bits per heavy atom. The lowest BCUT2D eigenvalue weighted by atomic mass is 10.1. The van der Waals surface area contributed by atoms with Gasteiger partial charge in [0.25, 0.3) is 0 Å². The number of amides is 2. The van der Waals surface area contributed by atoms with Crippen LogP contribution in [0.4, 0.5) is 10.5 Å². The summed E-state index contributed by atoms with van der Waals surface area (Å²) in [5, 5.41) is 5.72. The van der Waals surface area contributed by atoms with Crippen LogP contribution < -0.4 is 15.4 Å². The predicted octanol–water partition coefficient (Wildman–Crippen LogP) is 4.16. The van der Waals surface area contributed by atoms with Gasteiger partial charge in [0.1, 0.15) is 17.1 Å². The molecule has 0 fully saturated rings. The molecule has 0 saturated carbocycles. The summed E-state index contributed by atoms with van der Waals surface area (Å²) in [5.74, 6) is 1.63. The molecule has 2 amide bonds. The maximum atomic E-state index is 12.2. The van der Waals surface area contributed by atoms with E-state index in [1.54, 1.807) is 37.6 Å². The van der Waals surface area contributed by atoms with Crippen molar-refractivity contribution in [1.29, 1.82) is 0 Å². The van der Waals surface area contributed by atoms with Crippen LogP contribution in [-0.2, 0) is 13.0 Å². The van der Waals surface area contributed by atoms with Crippen LogP contribution in [0, 0.1) is 6.92 Å². The van der Waals surface area contributed by atoms with E-state index in [-0.39, 0.29) is 6.03 Å².